The number of nitrogens with zero attached hydrogens (tertiary/aromatic N) is 14. The van der Waals surface area contributed by atoms with Gasteiger partial charge in [0.15, 0.2) is 0 Å². The molecule has 10 rings (SSSR count). The third-order valence-corrected chi connectivity index (χ3v) is 15.8. The average Bonchev–Trinajstić information content (AvgIpc) is 3.65. The molecular formula is C62H72N14O5. The number of ether oxygens (including phenoxy) is 2. The molecule has 4 atom stereocenters. The maximum absolute atomic E-state index is 12.9. The molecular weight excluding hydrogens is 1020 g/mol. The highest BCUT2D eigenvalue weighted by molar-refractivity contribution is 5.96. The Morgan fingerprint density at radius 2 is 1.15 bits per heavy atom. The van der Waals surface area contributed by atoms with Crippen molar-refractivity contribution in [2.75, 3.05) is 106 Å². The van der Waals surface area contributed by atoms with Crippen LogP contribution in [0.2, 0.25) is 0 Å². The maximum Gasteiger partial charge on any atom is 0.318 e. The number of carbonyl (C=O) groups excluding carboxylic acids is 2. The van der Waals surface area contributed by atoms with E-state index in [2.05, 4.69) is 104 Å². The summed E-state index contributed by atoms with van der Waals surface area (Å²) in [7, 11) is 6.10. The van der Waals surface area contributed by atoms with E-state index in [0.29, 0.717) is 97.4 Å². The topological polar surface area (TPSA) is 198 Å². The monoisotopic (exact) mass is 1090 g/mol. The van der Waals surface area contributed by atoms with Gasteiger partial charge in [0.05, 0.1) is 61.5 Å². The molecule has 0 spiro atoms. The molecule has 2 amide bonds. The Morgan fingerprint density at radius 3 is 1.64 bits per heavy atom. The van der Waals surface area contributed by atoms with Crippen LogP contribution < -0.4 is 29.1 Å². The number of phenolic OH excluding ortho intramolecular Hbond substituents is 1. The van der Waals surface area contributed by atoms with E-state index in [9.17, 15) is 25.2 Å². The molecule has 6 heterocycles. The van der Waals surface area contributed by atoms with Crippen LogP contribution in [-0.4, -0.2) is 167 Å². The van der Waals surface area contributed by atoms with E-state index >= 15 is 0 Å². The van der Waals surface area contributed by atoms with Crippen molar-refractivity contribution in [3.8, 4) is 29.9 Å². The molecule has 420 valence electrons. The SMILES string of the molecule is C=CC(=O)N1CCN(c2nc(O[C@H](C)CN(C)C)nc3c2CCN(c2cc(CN(C)C[C@@H](C)Oc4nc5c(c(N6CCN(C(=O)C=C)C(CC#N)C6)n4)CCN(c4cc(O)cc6ccccc46)C5)cc4ccccc24)C3)CC1CC#N. The van der Waals surface area contributed by atoms with Gasteiger partial charge in [-0.2, -0.15) is 30.5 Å². The molecule has 19 nitrogen and oxygen atoms in total. The molecule has 2 unspecified atom stereocenters. The third kappa shape index (κ3) is 12.3. The van der Waals surface area contributed by atoms with Crippen molar-refractivity contribution >= 4 is 56.4 Å². The molecule has 0 bridgehead atoms. The summed E-state index contributed by atoms with van der Waals surface area (Å²) in [6.07, 6.45) is 3.82. The molecule has 6 aromatic rings. The predicted molar refractivity (Wildman–Crippen MR) is 314 cm³/mol. The number of hydrogen-bond donors (Lipinski definition) is 1. The fourth-order valence-electron chi connectivity index (χ4n) is 12.3. The number of likely N-dealkylation sites (N-methyl/N-ethyl adjacent to an activating group) is 2. The quantitative estimate of drug-likeness (QED) is 0.0875. The standard InChI is InChI=1S/C62H72N14O5/c1-8-57(78)75-28-26-73(37-46(75)18-22-63)59-51-20-24-71(39-53(51)65-61(67-59)80-41(3)34-69(5)6)55-31-43(30-44-14-10-12-16-49(44)55)36-70(7)35-42(4)81-62-66-54-40-72(56-33-48(77)32-45-15-11-13-17-50(45)56)25-21-52(54)60(68-62)74-27-29-76(58(79)9-2)47(38-74)19-23-64/h8-17,30-33,41-42,46-47,77H,1-2,18-21,24-29,34-40H2,3-7H3/t41-,42-,46?,47?/m1/s1. The van der Waals surface area contributed by atoms with Crippen LogP contribution in [0.25, 0.3) is 21.5 Å². The molecule has 81 heavy (non-hydrogen) atoms. The number of rotatable bonds is 18. The number of benzene rings is 4. The van der Waals surface area contributed by atoms with Gasteiger partial charge in [-0.05, 0) is 94.5 Å². The van der Waals surface area contributed by atoms with E-state index in [0.717, 1.165) is 79.2 Å². The lowest BCUT2D eigenvalue weighted by Crippen LogP contribution is -2.55. The summed E-state index contributed by atoms with van der Waals surface area (Å²) in [5.41, 5.74) is 6.94. The van der Waals surface area contributed by atoms with Gasteiger partial charge < -0.3 is 48.9 Å². The van der Waals surface area contributed by atoms with Crippen molar-refractivity contribution in [3.05, 3.63) is 126 Å². The van der Waals surface area contributed by atoms with Crippen LogP contribution in [0.5, 0.6) is 17.8 Å². The van der Waals surface area contributed by atoms with Gasteiger partial charge in [-0.3, -0.25) is 14.5 Å². The molecule has 0 saturated carbocycles. The number of aromatic hydroxyl groups is 1. The van der Waals surface area contributed by atoms with Crippen LogP contribution in [0.3, 0.4) is 0 Å². The smallest absolute Gasteiger partial charge is 0.318 e. The summed E-state index contributed by atoms with van der Waals surface area (Å²) in [6, 6.07) is 29.2. The van der Waals surface area contributed by atoms with Crippen LogP contribution in [0.4, 0.5) is 23.0 Å². The van der Waals surface area contributed by atoms with Crippen molar-refractivity contribution in [2.45, 2.75) is 83.5 Å². The van der Waals surface area contributed by atoms with Gasteiger partial charge in [0.25, 0.3) is 0 Å². The number of amides is 2. The minimum atomic E-state index is -0.341. The van der Waals surface area contributed by atoms with Crippen LogP contribution >= 0.6 is 0 Å². The van der Waals surface area contributed by atoms with E-state index in [1.807, 2.05) is 52.2 Å². The van der Waals surface area contributed by atoms with Crippen molar-refractivity contribution < 1.29 is 24.2 Å². The van der Waals surface area contributed by atoms with E-state index in [-0.39, 0.29) is 60.7 Å². The first-order chi connectivity index (χ1) is 39.2. The van der Waals surface area contributed by atoms with Crippen LogP contribution in [-0.2, 0) is 42.1 Å². The van der Waals surface area contributed by atoms with Crippen LogP contribution in [0, 0.1) is 22.7 Å². The summed E-state index contributed by atoms with van der Waals surface area (Å²) in [5.74, 6) is 1.37. The fourth-order valence-corrected chi connectivity index (χ4v) is 12.3. The molecule has 1 N–H and O–H groups in total. The number of aromatic nitrogens is 4. The Labute approximate surface area is 474 Å². The number of fused-ring (bicyclic) bond motifs is 4. The summed E-state index contributed by atoms with van der Waals surface area (Å²) >= 11 is 0. The zero-order valence-corrected chi connectivity index (χ0v) is 47.2. The molecule has 4 aliphatic heterocycles. The van der Waals surface area contributed by atoms with Gasteiger partial charge in [0, 0.05) is 111 Å². The van der Waals surface area contributed by atoms with E-state index in [1.165, 1.54) is 12.2 Å². The third-order valence-electron chi connectivity index (χ3n) is 15.8. The molecule has 19 heteroatoms. The predicted octanol–water partition coefficient (Wildman–Crippen LogP) is 6.87. The first-order valence-corrected chi connectivity index (χ1v) is 28.0. The molecule has 2 aromatic heterocycles. The summed E-state index contributed by atoms with van der Waals surface area (Å²) in [5, 5.41) is 34.7. The van der Waals surface area contributed by atoms with Crippen molar-refractivity contribution in [1.82, 2.24) is 39.5 Å². The minimum Gasteiger partial charge on any atom is -0.508 e. The number of piperazine rings is 2. The molecule has 0 radical (unpaired) electrons. The first-order valence-electron chi connectivity index (χ1n) is 28.0. The van der Waals surface area contributed by atoms with E-state index < -0.39 is 0 Å². The largest absolute Gasteiger partial charge is 0.508 e. The number of hydrogen-bond acceptors (Lipinski definition) is 17. The Hall–Kier alpha value is -8.52. The second-order valence-electron chi connectivity index (χ2n) is 22.1. The molecule has 0 aliphatic carbocycles. The molecule has 2 saturated heterocycles. The molecule has 2 fully saturated rings. The van der Waals surface area contributed by atoms with Crippen LogP contribution in [0.1, 0.15) is 54.8 Å². The van der Waals surface area contributed by atoms with Crippen LogP contribution in [0.15, 0.2) is 98.1 Å². The number of carbonyl (C=O) groups is 2. The molecule has 4 aliphatic rings. The fraction of sp³-hybridized carbons (Fsp3) is 0.419. The van der Waals surface area contributed by atoms with Crippen molar-refractivity contribution in [3.63, 3.8) is 0 Å². The van der Waals surface area contributed by atoms with Gasteiger partial charge in [0.1, 0.15) is 29.6 Å². The van der Waals surface area contributed by atoms with E-state index in [1.54, 1.807) is 15.9 Å². The lowest BCUT2D eigenvalue weighted by atomic mass is 9.99. The number of anilines is 4. The second-order valence-corrected chi connectivity index (χ2v) is 22.1. The lowest BCUT2D eigenvalue weighted by Gasteiger charge is -2.42. The van der Waals surface area contributed by atoms with Crippen molar-refractivity contribution in [2.24, 2.45) is 0 Å². The highest BCUT2D eigenvalue weighted by Crippen LogP contribution is 2.39. The summed E-state index contributed by atoms with van der Waals surface area (Å²) < 4.78 is 13.2. The Bertz CT molecular complexity index is 3430. The summed E-state index contributed by atoms with van der Waals surface area (Å²) in [4.78, 5) is 63.0. The highest BCUT2D eigenvalue weighted by Gasteiger charge is 2.36. The first kappa shape index (κ1) is 55.8. The number of phenols is 1. The Morgan fingerprint density at radius 1 is 0.667 bits per heavy atom. The average molecular weight is 1090 g/mol. The molecule has 4 aromatic carbocycles. The summed E-state index contributed by atoms with van der Waals surface area (Å²) in [6.45, 7) is 18.5. The van der Waals surface area contributed by atoms with Gasteiger partial charge >= 0.3 is 12.0 Å². The van der Waals surface area contributed by atoms with E-state index in [4.69, 9.17) is 29.4 Å². The number of nitriles is 2. The van der Waals surface area contributed by atoms with Gasteiger partial charge in [-0.15, -0.1) is 0 Å². The van der Waals surface area contributed by atoms with Gasteiger partial charge in [-0.25, -0.2) is 0 Å². The maximum atomic E-state index is 12.9. The minimum absolute atomic E-state index is 0.175. The zero-order valence-electron chi connectivity index (χ0n) is 47.2. The van der Waals surface area contributed by atoms with Gasteiger partial charge in [-0.1, -0.05) is 61.7 Å². The Kier molecular flexibility index (Phi) is 16.8. The van der Waals surface area contributed by atoms with Gasteiger partial charge in [0.2, 0.25) is 11.8 Å². The van der Waals surface area contributed by atoms with Crippen molar-refractivity contribution in [1.29, 1.82) is 10.5 Å². The Balaban J connectivity index is 0.899. The zero-order chi connectivity index (χ0) is 56.9. The normalized spacial score (nSPS) is 18.0. The highest BCUT2D eigenvalue weighted by atomic mass is 16.5. The lowest BCUT2D eigenvalue weighted by molar-refractivity contribution is -0.129. The second kappa shape index (κ2) is 24.5.